The van der Waals surface area contributed by atoms with E-state index in [0.29, 0.717) is 18.4 Å². The number of primary amides is 1. The van der Waals surface area contributed by atoms with Crippen LogP contribution >= 0.6 is 0 Å². The van der Waals surface area contributed by atoms with E-state index < -0.39 is 0 Å². The van der Waals surface area contributed by atoms with Crippen LogP contribution in [0.1, 0.15) is 40.0 Å². The molecule has 150 valence electrons. The van der Waals surface area contributed by atoms with Crippen LogP contribution in [0.3, 0.4) is 0 Å². The van der Waals surface area contributed by atoms with Crippen LogP contribution in [0, 0.1) is 5.92 Å². The van der Waals surface area contributed by atoms with Gasteiger partial charge in [0.15, 0.2) is 5.96 Å². The highest BCUT2D eigenvalue weighted by molar-refractivity contribution is 5.80. The van der Waals surface area contributed by atoms with Gasteiger partial charge in [-0.3, -0.25) is 14.7 Å². The van der Waals surface area contributed by atoms with Crippen molar-refractivity contribution in [2.45, 2.75) is 46.1 Å². The Morgan fingerprint density at radius 1 is 1.23 bits per heavy atom. The third-order valence-corrected chi connectivity index (χ3v) is 5.63. The van der Waals surface area contributed by atoms with Gasteiger partial charge in [0.1, 0.15) is 0 Å². The summed E-state index contributed by atoms with van der Waals surface area (Å²) in [4.78, 5) is 23.5. The van der Waals surface area contributed by atoms with Crippen molar-refractivity contribution in [3.8, 4) is 0 Å². The van der Waals surface area contributed by atoms with Gasteiger partial charge in [0.2, 0.25) is 5.91 Å². The third-order valence-electron chi connectivity index (χ3n) is 5.63. The minimum absolute atomic E-state index is 0.196. The number of likely N-dealkylation sites (tertiary alicyclic amines) is 1. The first-order chi connectivity index (χ1) is 12.5. The number of piperazine rings is 1. The molecule has 0 aromatic carbocycles. The van der Waals surface area contributed by atoms with E-state index in [4.69, 9.17) is 10.7 Å². The molecule has 2 fully saturated rings. The van der Waals surface area contributed by atoms with Crippen molar-refractivity contribution in [1.29, 1.82) is 0 Å². The number of guanidine groups is 1. The topological polar surface area (TPSA) is 77.2 Å². The summed E-state index contributed by atoms with van der Waals surface area (Å²) in [5.41, 5.74) is 5.39. The minimum atomic E-state index is -0.196. The molecule has 2 saturated heterocycles. The van der Waals surface area contributed by atoms with Gasteiger partial charge >= 0.3 is 0 Å². The van der Waals surface area contributed by atoms with Gasteiger partial charge in [0.05, 0.1) is 6.54 Å². The molecule has 0 radical (unpaired) electrons. The molecule has 0 aromatic heterocycles. The smallest absolute Gasteiger partial charge is 0.217 e. The van der Waals surface area contributed by atoms with Gasteiger partial charge in [-0.2, -0.15) is 0 Å². The molecule has 2 atom stereocenters. The van der Waals surface area contributed by atoms with Crippen LogP contribution < -0.4 is 11.1 Å². The number of carbonyl (C=O) groups is 1. The molecule has 26 heavy (non-hydrogen) atoms. The Hall–Kier alpha value is -1.34. The first-order valence-corrected chi connectivity index (χ1v) is 10.3. The Kier molecular flexibility index (Phi) is 8.65. The minimum Gasteiger partial charge on any atom is -0.370 e. The lowest BCUT2D eigenvalue weighted by atomic mass is 9.95. The van der Waals surface area contributed by atoms with Gasteiger partial charge < -0.3 is 20.9 Å². The maximum absolute atomic E-state index is 11.3. The molecule has 7 nitrogen and oxygen atoms in total. The highest BCUT2D eigenvalue weighted by Crippen LogP contribution is 2.19. The fourth-order valence-corrected chi connectivity index (χ4v) is 3.99. The van der Waals surface area contributed by atoms with E-state index in [1.807, 2.05) is 0 Å². The van der Waals surface area contributed by atoms with Gasteiger partial charge in [-0.1, -0.05) is 6.92 Å². The molecule has 7 heteroatoms. The number of piperidine rings is 1. The summed E-state index contributed by atoms with van der Waals surface area (Å²) in [5, 5.41) is 3.43. The van der Waals surface area contributed by atoms with Crippen LogP contribution in [0.2, 0.25) is 0 Å². The summed E-state index contributed by atoms with van der Waals surface area (Å²) in [5.74, 6) is 1.14. The molecule has 2 aliphatic heterocycles. The summed E-state index contributed by atoms with van der Waals surface area (Å²) in [6.07, 6.45) is 2.65. The van der Waals surface area contributed by atoms with E-state index in [9.17, 15) is 4.79 Å². The van der Waals surface area contributed by atoms with Crippen molar-refractivity contribution in [3.63, 3.8) is 0 Å². The van der Waals surface area contributed by atoms with Crippen molar-refractivity contribution in [1.82, 2.24) is 20.0 Å². The van der Waals surface area contributed by atoms with E-state index >= 15 is 0 Å². The summed E-state index contributed by atoms with van der Waals surface area (Å²) >= 11 is 0. The summed E-state index contributed by atoms with van der Waals surface area (Å²) in [6.45, 7) is 15.9. The number of hydrogen-bond donors (Lipinski definition) is 2. The SMILES string of the molecule is CCNC(=NCC(C)N1CCN(CC)CC1)N1CCCC(CC(N)=O)C1. The van der Waals surface area contributed by atoms with E-state index in [0.717, 1.165) is 77.7 Å². The zero-order valence-electron chi connectivity index (χ0n) is 16.9. The zero-order valence-corrected chi connectivity index (χ0v) is 16.9. The summed E-state index contributed by atoms with van der Waals surface area (Å²) in [7, 11) is 0. The maximum Gasteiger partial charge on any atom is 0.217 e. The molecule has 1 amide bonds. The van der Waals surface area contributed by atoms with Gasteiger partial charge in [-0.15, -0.1) is 0 Å². The highest BCUT2D eigenvalue weighted by atomic mass is 16.1. The lowest BCUT2D eigenvalue weighted by molar-refractivity contribution is -0.119. The van der Waals surface area contributed by atoms with Crippen molar-refractivity contribution < 1.29 is 4.79 Å². The Bertz CT molecular complexity index is 461. The number of nitrogens with one attached hydrogen (secondary N) is 1. The number of carbonyl (C=O) groups excluding carboxylic acids is 1. The molecule has 0 saturated carbocycles. The molecule has 0 aromatic rings. The monoisotopic (exact) mass is 366 g/mol. The Morgan fingerprint density at radius 3 is 2.58 bits per heavy atom. The second kappa shape index (κ2) is 10.7. The van der Waals surface area contributed by atoms with Crippen molar-refractivity contribution in [2.75, 3.05) is 58.9 Å². The van der Waals surface area contributed by atoms with Gasteiger partial charge in [-0.05, 0) is 39.2 Å². The number of likely N-dealkylation sites (N-methyl/N-ethyl adjacent to an activating group) is 1. The molecule has 2 heterocycles. The third kappa shape index (κ3) is 6.43. The van der Waals surface area contributed by atoms with Crippen LogP contribution in [-0.4, -0.2) is 91.5 Å². The fraction of sp³-hybridized carbons (Fsp3) is 0.895. The Balaban J connectivity index is 1.90. The predicted octanol–water partition coefficient (Wildman–Crippen LogP) is 0.565. The molecule has 3 N–H and O–H groups in total. The van der Waals surface area contributed by atoms with Gasteiger partial charge in [0, 0.05) is 58.3 Å². The first kappa shape index (κ1) is 21.0. The molecule has 0 spiro atoms. The van der Waals surface area contributed by atoms with E-state index in [1.165, 1.54) is 0 Å². The largest absolute Gasteiger partial charge is 0.370 e. The lowest BCUT2D eigenvalue weighted by Gasteiger charge is -2.38. The van der Waals surface area contributed by atoms with Crippen LogP contribution in [0.15, 0.2) is 4.99 Å². The second-order valence-electron chi connectivity index (χ2n) is 7.64. The van der Waals surface area contributed by atoms with E-state index in [1.54, 1.807) is 0 Å². The van der Waals surface area contributed by atoms with Crippen molar-refractivity contribution >= 4 is 11.9 Å². The molecular weight excluding hydrogens is 328 g/mol. The van der Waals surface area contributed by atoms with Crippen molar-refractivity contribution in [3.05, 3.63) is 0 Å². The van der Waals surface area contributed by atoms with Gasteiger partial charge in [0.25, 0.3) is 0 Å². The molecule has 2 aliphatic rings. The number of amides is 1. The predicted molar refractivity (Wildman–Crippen MR) is 107 cm³/mol. The van der Waals surface area contributed by atoms with Crippen LogP contribution in [-0.2, 0) is 4.79 Å². The van der Waals surface area contributed by atoms with E-state index in [2.05, 4.69) is 40.8 Å². The number of nitrogens with two attached hydrogens (primary N) is 1. The average molecular weight is 367 g/mol. The fourth-order valence-electron chi connectivity index (χ4n) is 3.99. The zero-order chi connectivity index (χ0) is 18.9. The number of hydrogen-bond acceptors (Lipinski definition) is 4. The van der Waals surface area contributed by atoms with Crippen molar-refractivity contribution in [2.24, 2.45) is 16.6 Å². The normalized spacial score (nSPS) is 24.5. The molecule has 2 rings (SSSR count). The molecule has 0 bridgehead atoms. The summed E-state index contributed by atoms with van der Waals surface area (Å²) in [6, 6.07) is 0.453. The standard InChI is InChI=1S/C19H38N6O/c1-4-21-19(25-8-6-7-17(15-25)13-18(20)26)22-14-16(3)24-11-9-23(5-2)10-12-24/h16-17H,4-15H2,1-3H3,(H2,20,26)(H,21,22). The number of rotatable bonds is 7. The van der Waals surface area contributed by atoms with Crippen LogP contribution in [0.25, 0.3) is 0 Å². The Labute approximate surface area is 159 Å². The van der Waals surface area contributed by atoms with E-state index in [-0.39, 0.29) is 5.91 Å². The highest BCUT2D eigenvalue weighted by Gasteiger charge is 2.24. The summed E-state index contributed by atoms with van der Waals surface area (Å²) < 4.78 is 0. The lowest BCUT2D eigenvalue weighted by Crippen LogP contribution is -2.51. The average Bonchev–Trinajstić information content (AvgIpc) is 2.64. The Morgan fingerprint density at radius 2 is 1.96 bits per heavy atom. The molecular formula is C19H38N6O. The van der Waals surface area contributed by atoms with Crippen LogP contribution in [0.4, 0.5) is 0 Å². The maximum atomic E-state index is 11.3. The second-order valence-corrected chi connectivity index (χ2v) is 7.64. The number of nitrogens with zero attached hydrogens (tertiary/aromatic N) is 4. The quantitative estimate of drug-likeness (QED) is 0.509. The van der Waals surface area contributed by atoms with Gasteiger partial charge in [-0.25, -0.2) is 0 Å². The first-order valence-electron chi connectivity index (χ1n) is 10.3. The van der Waals surface area contributed by atoms with Crippen LogP contribution in [0.5, 0.6) is 0 Å². The number of aliphatic imine (C=N–C) groups is 1. The molecule has 2 unspecified atom stereocenters. The molecule has 0 aliphatic carbocycles.